The summed E-state index contributed by atoms with van der Waals surface area (Å²) < 4.78 is 5.66. The van der Waals surface area contributed by atoms with Gasteiger partial charge in [0.15, 0.2) is 0 Å². The standard InChI is InChI=1S/C54H79N7O12/c1-9-10-11-12-13-14-18-21-44(65)56-40(28-36-19-16-15-17-20-36)50(68)60-48(34(4)5)52(70)57-41(31-62)43(64)30-46(67)59-47(33(2)3)51(69)55-38-24-27-45(66)58-49(35(6)7)53(71)61(8)42(54(72)73-32-38)29-37-22-25-39(63)26-23-37/h14-20,22-27,33-35,38,40-43,47-49,62-64H,9-13,21,28-32H2,1-8H3,(H,55,69)(H,56,65)(H,57,70)(H,58,66)(H,59,67)(H,60,68)/b18-14-,27-24-/t38-,40+,41+,42+,43+,47+,48+,49+/m1/s1. The highest BCUT2D eigenvalue weighted by Gasteiger charge is 2.37. The third-order valence-corrected chi connectivity index (χ3v) is 12.4. The summed E-state index contributed by atoms with van der Waals surface area (Å²) in [6.07, 6.45) is 9.22. The minimum atomic E-state index is -1.67. The second-order valence-electron chi connectivity index (χ2n) is 19.6. The van der Waals surface area contributed by atoms with Gasteiger partial charge in [0.05, 0.1) is 31.2 Å². The molecule has 0 bridgehead atoms. The molecule has 73 heavy (non-hydrogen) atoms. The lowest BCUT2D eigenvalue weighted by Gasteiger charge is -2.32. The van der Waals surface area contributed by atoms with Crippen LogP contribution in [0.25, 0.3) is 0 Å². The van der Waals surface area contributed by atoms with E-state index in [1.807, 2.05) is 36.4 Å². The van der Waals surface area contributed by atoms with Gasteiger partial charge in [-0.05, 0) is 53.9 Å². The molecule has 19 nitrogen and oxygen atoms in total. The number of likely N-dealkylation sites (N-methyl/N-ethyl adjacent to an activating group) is 1. The van der Waals surface area contributed by atoms with Gasteiger partial charge in [-0.3, -0.25) is 33.6 Å². The summed E-state index contributed by atoms with van der Waals surface area (Å²) >= 11 is 0. The van der Waals surface area contributed by atoms with Crippen LogP contribution in [0.2, 0.25) is 0 Å². The van der Waals surface area contributed by atoms with Gasteiger partial charge in [-0.15, -0.1) is 0 Å². The molecule has 7 amide bonds. The number of hydrogen-bond acceptors (Lipinski definition) is 12. The number of carbonyl (C=O) groups is 8. The Balaban J connectivity index is 1.71. The molecule has 0 saturated heterocycles. The van der Waals surface area contributed by atoms with Crippen LogP contribution in [-0.2, 0) is 55.9 Å². The Morgan fingerprint density at radius 3 is 2.07 bits per heavy atom. The van der Waals surface area contributed by atoms with Gasteiger partial charge in [-0.2, -0.15) is 0 Å². The van der Waals surface area contributed by atoms with Gasteiger partial charge in [0.25, 0.3) is 0 Å². The maximum absolute atomic E-state index is 13.9. The zero-order chi connectivity index (χ0) is 54.2. The monoisotopic (exact) mass is 1020 g/mol. The van der Waals surface area contributed by atoms with E-state index in [-0.39, 0.29) is 36.8 Å². The summed E-state index contributed by atoms with van der Waals surface area (Å²) in [4.78, 5) is 110. The Hall–Kier alpha value is -6.60. The van der Waals surface area contributed by atoms with Crippen LogP contribution in [0.5, 0.6) is 5.75 Å². The van der Waals surface area contributed by atoms with E-state index in [2.05, 4.69) is 38.8 Å². The molecule has 1 heterocycles. The summed E-state index contributed by atoms with van der Waals surface area (Å²) in [6.45, 7) is 11.0. The Morgan fingerprint density at radius 2 is 1.45 bits per heavy atom. The number of aliphatic hydroxyl groups is 2. The van der Waals surface area contributed by atoms with Gasteiger partial charge in [-0.25, -0.2) is 4.79 Å². The van der Waals surface area contributed by atoms with Crippen LogP contribution in [0.15, 0.2) is 78.9 Å². The summed E-state index contributed by atoms with van der Waals surface area (Å²) in [5.41, 5.74) is 1.38. The van der Waals surface area contributed by atoms with Gasteiger partial charge in [0, 0.05) is 32.4 Å². The number of aromatic hydroxyl groups is 1. The second kappa shape index (κ2) is 31.1. The molecule has 402 valence electrons. The average molecular weight is 1020 g/mol. The number of allylic oxidation sites excluding steroid dienone is 1. The van der Waals surface area contributed by atoms with Gasteiger partial charge in [0.1, 0.15) is 42.6 Å². The number of nitrogens with one attached hydrogen (secondary N) is 6. The molecule has 0 fully saturated rings. The van der Waals surface area contributed by atoms with E-state index in [1.54, 1.807) is 59.8 Å². The summed E-state index contributed by atoms with van der Waals surface area (Å²) in [5, 5.41) is 47.3. The highest BCUT2D eigenvalue weighted by molar-refractivity contribution is 5.95. The fourth-order valence-electron chi connectivity index (χ4n) is 7.94. The van der Waals surface area contributed by atoms with Crippen LogP contribution in [0.3, 0.4) is 0 Å². The lowest BCUT2D eigenvalue weighted by atomic mass is 9.99. The molecule has 3 rings (SSSR count). The lowest BCUT2D eigenvalue weighted by molar-refractivity contribution is -0.156. The number of benzene rings is 2. The molecular weight excluding hydrogens is 939 g/mol. The summed E-state index contributed by atoms with van der Waals surface area (Å²) in [7, 11) is 1.42. The lowest BCUT2D eigenvalue weighted by Crippen LogP contribution is -2.59. The Labute approximate surface area is 429 Å². The predicted molar refractivity (Wildman–Crippen MR) is 275 cm³/mol. The Bertz CT molecular complexity index is 2180. The third-order valence-electron chi connectivity index (χ3n) is 12.4. The minimum Gasteiger partial charge on any atom is -0.508 e. The van der Waals surface area contributed by atoms with Crippen molar-refractivity contribution in [2.24, 2.45) is 17.8 Å². The van der Waals surface area contributed by atoms with Crippen molar-refractivity contribution in [3.8, 4) is 5.75 Å². The zero-order valence-corrected chi connectivity index (χ0v) is 43.6. The molecule has 0 radical (unpaired) electrons. The second-order valence-corrected chi connectivity index (χ2v) is 19.6. The van der Waals surface area contributed by atoms with E-state index in [9.17, 15) is 53.7 Å². The largest absolute Gasteiger partial charge is 0.508 e. The number of amides is 7. The number of phenolic OH excluding ortho intramolecular Hbond substituents is 1. The molecule has 0 unspecified atom stereocenters. The molecule has 1 aliphatic heterocycles. The summed E-state index contributed by atoms with van der Waals surface area (Å²) in [6, 6.07) is 7.02. The van der Waals surface area contributed by atoms with Gasteiger partial charge < -0.3 is 56.9 Å². The average Bonchev–Trinajstić information content (AvgIpc) is 3.34. The molecule has 8 atom stereocenters. The third kappa shape index (κ3) is 20.8. The minimum absolute atomic E-state index is 0.00423. The van der Waals surface area contributed by atoms with Gasteiger partial charge in [-0.1, -0.05) is 128 Å². The SMILES string of the molecule is CCCCCC/C=C\CC(=O)N[C@@H](Cc1ccccc1)C(=O)N[C@H](C(=O)N[C@@H](CO)[C@@H](O)CC(=O)N[C@H](C(=O)N[C@@H]1/C=C\C(=O)N[C@@H](C(C)C)C(=O)N(C)[C@@H](Cc2ccc(O)cc2)C(=O)OC1)C(C)C)C(C)C. The molecule has 0 spiro atoms. The van der Waals surface area contributed by atoms with Crippen molar-refractivity contribution in [3.05, 3.63) is 90.0 Å². The number of rotatable bonds is 26. The molecular formula is C54H79N7O12. The first kappa shape index (κ1) is 60.7. The first-order valence-corrected chi connectivity index (χ1v) is 25.3. The number of aliphatic hydroxyl groups excluding tert-OH is 2. The summed E-state index contributed by atoms with van der Waals surface area (Å²) in [5.74, 6) is -6.72. The molecule has 2 aromatic carbocycles. The number of esters is 1. The maximum Gasteiger partial charge on any atom is 0.329 e. The number of unbranched alkanes of at least 4 members (excludes halogenated alkanes) is 4. The van der Waals surface area contributed by atoms with E-state index in [4.69, 9.17) is 4.74 Å². The zero-order valence-electron chi connectivity index (χ0n) is 43.6. The first-order chi connectivity index (χ1) is 34.6. The number of ether oxygens (including phenoxy) is 1. The number of cyclic esters (lactones) is 1. The molecule has 0 aliphatic carbocycles. The molecule has 0 saturated carbocycles. The van der Waals surface area contributed by atoms with Crippen LogP contribution >= 0.6 is 0 Å². The van der Waals surface area contributed by atoms with Crippen molar-refractivity contribution in [2.75, 3.05) is 20.3 Å². The highest BCUT2D eigenvalue weighted by Crippen LogP contribution is 2.18. The maximum atomic E-state index is 13.9. The Kier molecular flexibility index (Phi) is 25.9. The van der Waals surface area contributed by atoms with Crippen molar-refractivity contribution in [1.82, 2.24) is 36.8 Å². The van der Waals surface area contributed by atoms with Crippen molar-refractivity contribution in [1.29, 1.82) is 0 Å². The number of carbonyl (C=O) groups excluding carboxylic acids is 8. The molecule has 0 aromatic heterocycles. The number of nitrogens with zero attached hydrogens (tertiary/aromatic N) is 1. The van der Waals surface area contributed by atoms with Crippen molar-refractivity contribution in [2.45, 2.75) is 155 Å². The molecule has 19 heteroatoms. The van der Waals surface area contributed by atoms with Gasteiger partial charge >= 0.3 is 5.97 Å². The fourth-order valence-corrected chi connectivity index (χ4v) is 7.94. The molecule has 2 aromatic rings. The van der Waals surface area contributed by atoms with Crippen molar-refractivity contribution in [3.63, 3.8) is 0 Å². The molecule has 9 N–H and O–H groups in total. The van der Waals surface area contributed by atoms with Gasteiger partial charge in [0.2, 0.25) is 41.4 Å². The van der Waals surface area contributed by atoms with E-state index >= 15 is 0 Å². The van der Waals surface area contributed by atoms with E-state index in [1.165, 1.54) is 30.2 Å². The van der Waals surface area contributed by atoms with Crippen LogP contribution in [0.4, 0.5) is 0 Å². The fraction of sp³-hybridized carbons (Fsp3) is 0.556. The predicted octanol–water partition coefficient (Wildman–Crippen LogP) is 2.65. The van der Waals surface area contributed by atoms with Crippen molar-refractivity contribution < 1.29 is 58.4 Å². The first-order valence-electron chi connectivity index (χ1n) is 25.3. The number of hydrogen-bond donors (Lipinski definition) is 9. The van der Waals surface area contributed by atoms with Crippen LogP contribution in [0.1, 0.15) is 105 Å². The van der Waals surface area contributed by atoms with Crippen LogP contribution < -0.4 is 31.9 Å². The van der Waals surface area contributed by atoms with Crippen LogP contribution in [-0.4, -0.2) is 136 Å². The normalized spacial score (nSPS) is 19.1. The van der Waals surface area contributed by atoms with Crippen LogP contribution in [0, 0.1) is 17.8 Å². The molecule has 1 aliphatic rings. The number of phenols is 1. The quantitative estimate of drug-likeness (QED) is 0.0374. The van der Waals surface area contributed by atoms with E-state index in [0.717, 1.165) is 43.7 Å². The topological polar surface area (TPSA) is 282 Å². The highest BCUT2D eigenvalue weighted by atomic mass is 16.5. The smallest absolute Gasteiger partial charge is 0.329 e. The van der Waals surface area contributed by atoms with E-state index in [0.29, 0.717) is 5.56 Å². The van der Waals surface area contributed by atoms with E-state index < -0.39 is 121 Å². The Morgan fingerprint density at radius 1 is 0.795 bits per heavy atom. The van der Waals surface area contributed by atoms with Crippen molar-refractivity contribution >= 4 is 47.3 Å².